The van der Waals surface area contributed by atoms with Crippen molar-refractivity contribution in [3.8, 4) is 6.07 Å². The molecule has 2 fully saturated rings. The number of hydrogen-bond donors (Lipinski definition) is 1. The van der Waals surface area contributed by atoms with Crippen LogP contribution in [0.5, 0.6) is 0 Å². The number of carbonyl (C=O) groups excluding carboxylic acids is 3. The van der Waals surface area contributed by atoms with Crippen LogP contribution in [-0.2, 0) is 19.1 Å². The molecule has 1 aliphatic carbocycles. The van der Waals surface area contributed by atoms with Crippen LogP contribution in [0, 0.1) is 31.1 Å². The van der Waals surface area contributed by atoms with Gasteiger partial charge in [0.1, 0.15) is 17.5 Å². The molecule has 1 aromatic heterocycles. The van der Waals surface area contributed by atoms with E-state index in [1.807, 2.05) is 34.6 Å². The van der Waals surface area contributed by atoms with Crippen LogP contribution in [0.1, 0.15) is 82.2 Å². The number of rotatable bonds is 5. The van der Waals surface area contributed by atoms with E-state index in [-0.39, 0.29) is 18.1 Å². The first kappa shape index (κ1) is 25.6. The van der Waals surface area contributed by atoms with E-state index in [2.05, 4.69) is 16.0 Å². The molecule has 1 N–H and O–H groups in total. The van der Waals surface area contributed by atoms with Gasteiger partial charge in [0.05, 0.1) is 11.5 Å². The molecule has 1 aromatic rings. The minimum Gasteiger partial charge on any atom is -0.455 e. The molecule has 0 radical (unpaired) electrons. The van der Waals surface area contributed by atoms with Gasteiger partial charge in [0, 0.05) is 24.8 Å². The van der Waals surface area contributed by atoms with Crippen molar-refractivity contribution in [1.29, 1.82) is 5.26 Å². The summed E-state index contributed by atoms with van der Waals surface area (Å²) in [4.78, 5) is 39.0. The van der Waals surface area contributed by atoms with Crippen molar-refractivity contribution in [3.05, 3.63) is 16.8 Å². The van der Waals surface area contributed by atoms with Gasteiger partial charge in [0.25, 0.3) is 5.91 Å². The van der Waals surface area contributed by atoms with E-state index in [0.717, 1.165) is 36.9 Å². The molecule has 2 heterocycles. The lowest BCUT2D eigenvalue weighted by Gasteiger charge is -2.32. The van der Waals surface area contributed by atoms with Crippen LogP contribution in [0.15, 0.2) is 0 Å². The van der Waals surface area contributed by atoms with Gasteiger partial charge in [0.15, 0.2) is 6.61 Å². The molecule has 9 nitrogen and oxygen atoms in total. The van der Waals surface area contributed by atoms with Crippen molar-refractivity contribution in [2.24, 2.45) is 5.92 Å². The van der Waals surface area contributed by atoms with Crippen molar-refractivity contribution >= 4 is 23.8 Å². The van der Waals surface area contributed by atoms with E-state index in [1.54, 1.807) is 4.90 Å². The number of likely N-dealkylation sites (tertiary alicyclic amines) is 1. The smallest absolute Gasteiger partial charge is 0.410 e. The largest absolute Gasteiger partial charge is 0.455 e. The topological polar surface area (TPSA) is 114 Å². The summed E-state index contributed by atoms with van der Waals surface area (Å²) in [6.45, 7) is 9.68. The Bertz CT molecular complexity index is 971. The number of ether oxygens (including phenoxy) is 2. The standard InChI is InChI=1S/C25H36N4O5/c1-16-17(2)29(19-8-6-7-9-19)22(20(16)14-26)27-21(30)15-33-23(31)18-10-12-28(13-11-18)24(32)34-25(3,4)5/h18-19H,6-13,15H2,1-5H3,(H,27,30). The molecule has 1 saturated carbocycles. The number of nitrogens with one attached hydrogen (secondary N) is 1. The Morgan fingerprint density at radius 3 is 2.26 bits per heavy atom. The second kappa shape index (κ2) is 10.5. The SMILES string of the molecule is Cc1c(C#N)c(NC(=O)COC(=O)C2CCN(C(=O)OC(C)(C)C)CC2)n(C2CCCC2)c1C. The Morgan fingerprint density at radius 1 is 1.09 bits per heavy atom. The number of esters is 1. The first-order chi connectivity index (χ1) is 16.0. The minimum atomic E-state index is -0.569. The molecule has 2 aliphatic rings. The van der Waals surface area contributed by atoms with Gasteiger partial charge in [-0.2, -0.15) is 5.26 Å². The fourth-order valence-corrected chi connectivity index (χ4v) is 4.75. The molecule has 34 heavy (non-hydrogen) atoms. The number of carbonyl (C=O) groups is 3. The average molecular weight is 473 g/mol. The van der Waals surface area contributed by atoms with Crippen LogP contribution < -0.4 is 5.32 Å². The van der Waals surface area contributed by atoms with Crippen molar-refractivity contribution in [2.75, 3.05) is 25.0 Å². The first-order valence-corrected chi connectivity index (χ1v) is 12.1. The lowest BCUT2D eigenvalue weighted by atomic mass is 9.97. The van der Waals surface area contributed by atoms with E-state index in [1.165, 1.54) is 0 Å². The van der Waals surface area contributed by atoms with Gasteiger partial charge in [-0.25, -0.2) is 4.79 Å². The molecule has 1 saturated heterocycles. The summed E-state index contributed by atoms with van der Waals surface area (Å²) in [7, 11) is 0. The third-order valence-electron chi connectivity index (χ3n) is 6.64. The number of piperidine rings is 1. The van der Waals surface area contributed by atoms with Crippen LogP contribution in [0.2, 0.25) is 0 Å². The Balaban J connectivity index is 1.54. The number of hydrogen-bond acceptors (Lipinski definition) is 6. The summed E-state index contributed by atoms with van der Waals surface area (Å²) in [6, 6.07) is 2.47. The molecule has 0 aromatic carbocycles. The van der Waals surface area contributed by atoms with Crippen LogP contribution in [-0.4, -0.2) is 52.7 Å². The van der Waals surface area contributed by atoms with Gasteiger partial charge in [-0.1, -0.05) is 12.8 Å². The summed E-state index contributed by atoms with van der Waals surface area (Å²) in [6.07, 6.45) is 4.81. The Hall–Kier alpha value is -3.02. The molecule has 2 amide bonds. The van der Waals surface area contributed by atoms with Gasteiger partial charge in [-0.05, 0) is 65.9 Å². The maximum atomic E-state index is 12.6. The van der Waals surface area contributed by atoms with Crippen molar-refractivity contribution < 1.29 is 23.9 Å². The van der Waals surface area contributed by atoms with Gasteiger partial charge >= 0.3 is 12.1 Å². The van der Waals surface area contributed by atoms with Gasteiger partial charge < -0.3 is 24.3 Å². The lowest BCUT2D eigenvalue weighted by molar-refractivity contribution is -0.153. The number of aromatic nitrogens is 1. The second-order valence-corrected chi connectivity index (χ2v) is 10.3. The van der Waals surface area contributed by atoms with Crippen molar-refractivity contribution in [3.63, 3.8) is 0 Å². The minimum absolute atomic E-state index is 0.258. The predicted octanol–water partition coefficient (Wildman–Crippen LogP) is 4.22. The Morgan fingerprint density at radius 2 is 1.71 bits per heavy atom. The average Bonchev–Trinajstić information content (AvgIpc) is 3.38. The molecule has 0 bridgehead atoms. The molecular weight excluding hydrogens is 436 g/mol. The fraction of sp³-hybridized carbons (Fsp3) is 0.680. The number of amides is 2. The normalized spacial score (nSPS) is 17.4. The van der Waals surface area contributed by atoms with Crippen molar-refractivity contribution in [2.45, 2.75) is 84.8 Å². The number of nitrogens with zero attached hydrogens (tertiary/aromatic N) is 3. The van der Waals surface area contributed by atoms with E-state index >= 15 is 0 Å². The van der Waals surface area contributed by atoms with Crippen LogP contribution in [0.25, 0.3) is 0 Å². The monoisotopic (exact) mass is 472 g/mol. The van der Waals surface area contributed by atoms with Crippen molar-refractivity contribution in [1.82, 2.24) is 9.47 Å². The fourth-order valence-electron chi connectivity index (χ4n) is 4.75. The lowest BCUT2D eigenvalue weighted by Crippen LogP contribution is -2.43. The van der Waals surface area contributed by atoms with E-state index in [4.69, 9.17) is 9.47 Å². The summed E-state index contributed by atoms with van der Waals surface area (Å²) in [5.41, 5.74) is 1.73. The summed E-state index contributed by atoms with van der Waals surface area (Å²) < 4.78 is 12.7. The van der Waals surface area contributed by atoms with Crippen LogP contribution in [0.3, 0.4) is 0 Å². The third-order valence-corrected chi connectivity index (χ3v) is 6.64. The number of nitriles is 1. The molecule has 0 atom stereocenters. The zero-order valence-corrected chi connectivity index (χ0v) is 20.9. The zero-order valence-electron chi connectivity index (χ0n) is 20.9. The van der Waals surface area contributed by atoms with Crippen LogP contribution in [0.4, 0.5) is 10.6 Å². The molecule has 1 aliphatic heterocycles. The highest BCUT2D eigenvalue weighted by Gasteiger charge is 2.31. The Kier molecular flexibility index (Phi) is 7.90. The summed E-state index contributed by atoms with van der Waals surface area (Å²) in [5.74, 6) is -0.782. The third kappa shape index (κ3) is 5.91. The Labute approximate surface area is 201 Å². The summed E-state index contributed by atoms with van der Waals surface area (Å²) >= 11 is 0. The molecule has 186 valence electrons. The van der Waals surface area contributed by atoms with Crippen LogP contribution >= 0.6 is 0 Å². The van der Waals surface area contributed by atoms with Gasteiger partial charge in [-0.15, -0.1) is 0 Å². The molecule has 0 spiro atoms. The second-order valence-electron chi connectivity index (χ2n) is 10.3. The maximum absolute atomic E-state index is 12.6. The highest BCUT2D eigenvalue weighted by molar-refractivity contribution is 5.94. The van der Waals surface area contributed by atoms with E-state index in [0.29, 0.717) is 37.3 Å². The molecule has 3 rings (SSSR count). The van der Waals surface area contributed by atoms with Gasteiger partial charge in [0.2, 0.25) is 0 Å². The number of anilines is 1. The highest BCUT2D eigenvalue weighted by Crippen LogP contribution is 2.37. The van der Waals surface area contributed by atoms with Gasteiger partial charge in [-0.3, -0.25) is 9.59 Å². The molecular formula is C25H36N4O5. The highest BCUT2D eigenvalue weighted by atomic mass is 16.6. The zero-order chi connectivity index (χ0) is 25.0. The summed E-state index contributed by atoms with van der Waals surface area (Å²) in [5, 5.41) is 12.5. The quantitative estimate of drug-likeness (QED) is 0.642. The maximum Gasteiger partial charge on any atom is 0.410 e. The van der Waals surface area contributed by atoms with E-state index < -0.39 is 24.1 Å². The first-order valence-electron chi connectivity index (χ1n) is 12.1. The predicted molar refractivity (Wildman–Crippen MR) is 126 cm³/mol. The molecule has 9 heteroatoms. The molecule has 0 unspecified atom stereocenters. The van der Waals surface area contributed by atoms with E-state index in [9.17, 15) is 19.6 Å².